The van der Waals surface area contributed by atoms with E-state index < -0.39 is 0 Å². The molecule has 7 heteroatoms. The van der Waals surface area contributed by atoms with Crippen molar-refractivity contribution in [2.45, 2.75) is 13.8 Å². The van der Waals surface area contributed by atoms with Crippen molar-refractivity contribution in [3.05, 3.63) is 65.3 Å². The highest BCUT2D eigenvalue weighted by atomic mass is 16.3. The number of nitrogen functional groups attached to an aromatic ring is 1. The fraction of sp³-hybridized carbons (Fsp3) is 0.259. The van der Waals surface area contributed by atoms with Gasteiger partial charge in [0, 0.05) is 43.1 Å². The first-order valence-electron chi connectivity index (χ1n) is 11.4. The van der Waals surface area contributed by atoms with Crippen LogP contribution < -0.4 is 21.3 Å². The van der Waals surface area contributed by atoms with Gasteiger partial charge in [0.1, 0.15) is 11.6 Å². The number of benzene rings is 2. The monoisotopic (exact) mass is 456 g/mol. The number of hydrogen-bond donors (Lipinski definition) is 3. The summed E-state index contributed by atoms with van der Waals surface area (Å²) in [5, 5.41) is 11.2. The fourth-order valence-electron chi connectivity index (χ4n) is 3.91. The third-order valence-electron chi connectivity index (χ3n) is 6.13. The predicted molar refractivity (Wildman–Crippen MR) is 142 cm³/mol. The Morgan fingerprint density at radius 1 is 1.15 bits per heavy atom. The van der Waals surface area contributed by atoms with Crippen LogP contribution >= 0.6 is 0 Å². The first kappa shape index (κ1) is 23.3. The Morgan fingerprint density at radius 3 is 2.53 bits per heavy atom. The van der Waals surface area contributed by atoms with Crippen molar-refractivity contribution >= 4 is 34.9 Å². The number of piperazine rings is 1. The van der Waals surface area contributed by atoms with E-state index >= 15 is 0 Å². The molecule has 0 radical (unpaired) electrons. The van der Waals surface area contributed by atoms with E-state index in [1.165, 1.54) is 0 Å². The Labute approximate surface area is 200 Å². The zero-order valence-electron chi connectivity index (χ0n) is 20.0. The Bertz CT molecular complexity index is 1330. The summed E-state index contributed by atoms with van der Waals surface area (Å²) in [5.74, 6) is 0.950. The number of phenolic OH excluding ortho intramolecular Hbond substituents is 1. The molecule has 7 nitrogen and oxygen atoms in total. The number of aliphatic imine (C=N–C) groups is 1. The molecule has 2 heterocycles. The maximum absolute atomic E-state index is 9.55. The van der Waals surface area contributed by atoms with Crippen molar-refractivity contribution in [2.75, 3.05) is 43.9 Å². The second-order valence-electron chi connectivity index (χ2n) is 8.62. The lowest BCUT2D eigenvalue weighted by atomic mass is 10.1. The highest BCUT2D eigenvalue weighted by Crippen LogP contribution is 2.29. The second-order valence-corrected chi connectivity index (χ2v) is 8.62. The van der Waals surface area contributed by atoms with Crippen molar-refractivity contribution in [3.8, 4) is 17.1 Å². The molecular formula is C27H32N6O. The lowest BCUT2D eigenvalue weighted by Crippen LogP contribution is -2.44. The van der Waals surface area contributed by atoms with Crippen LogP contribution in [0.25, 0.3) is 23.5 Å². The van der Waals surface area contributed by atoms with Crippen molar-refractivity contribution in [1.29, 1.82) is 0 Å². The number of aromatic amines is 1. The van der Waals surface area contributed by atoms with Crippen LogP contribution in [0, 0.1) is 0 Å². The van der Waals surface area contributed by atoms with Gasteiger partial charge in [-0.1, -0.05) is 12.7 Å². The van der Waals surface area contributed by atoms with E-state index in [4.69, 9.17) is 10.7 Å². The minimum absolute atomic E-state index is 0.223. The predicted octanol–water partition coefficient (Wildman–Crippen LogP) is 3.05. The second kappa shape index (κ2) is 9.97. The molecule has 4 rings (SSSR count). The Morgan fingerprint density at radius 2 is 1.85 bits per heavy atom. The molecule has 1 aliphatic rings. The first-order chi connectivity index (χ1) is 16.3. The number of aromatic hydroxyl groups is 1. The smallest absolute Gasteiger partial charge is 0.138 e. The zero-order chi connectivity index (χ0) is 24.2. The van der Waals surface area contributed by atoms with Crippen molar-refractivity contribution in [1.82, 2.24) is 14.9 Å². The molecule has 34 heavy (non-hydrogen) atoms. The summed E-state index contributed by atoms with van der Waals surface area (Å²) >= 11 is 0. The van der Waals surface area contributed by atoms with Gasteiger partial charge >= 0.3 is 0 Å². The molecule has 0 unspecified atom stereocenters. The van der Waals surface area contributed by atoms with E-state index in [0.717, 1.165) is 70.9 Å². The Hall–Kier alpha value is -3.84. The number of anilines is 2. The number of aromatic nitrogens is 2. The molecule has 1 fully saturated rings. The minimum Gasteiger partial charge on any atom is -0.508 e. The van der Waals surface area contributed by atoms with E-state index in [0.29, 0.717) is 5.69 Å². The molecule has 0 bridgehead atoms. The summed E-state index contributed by atoms with van der Waals surface area (Å²) in [6.45, 7) is 12.2. The maximum atomic E-state index is 9.55. The lowest BCUT2D eigenvalue weighted by Gasteiger charge is -2.34. The molecule has 1 aliphatic heterocycles. The molecule has 176 valence electrons. The van der Waals surface area contributed by atoms with Gasteiger partial charge in [-0.2, -0.15) is 0 Å². The largest absolute Gasteiger partial charge is 0.508 e. The Balaban J connectivity index is 1.61. The fourth-order valence-corrected chi connectivity index (χ4v) is 3.91. The van der Waals surface area contributed by atoms with E-state index in [9.17, 15) is 5.11 Å². The topological polar surface area (TPSA) is 93.8 Å². The number of likely N-dealkylation sites (N-methyl/N-ethyl adjacent to an activating group) is 1. The van der Waals surface area contributed by atoms with Crippen LogP contribution in [0.3, 0.4) is 0 Å². The SMILES string of the molecule is C=C(/C=c1/[nH]c(-c2ccc(O)cc2)n/c1=C/C)C(C)=Nc1cc(N2CCN(C)CC2)ccc1N. The van der Waals surface area contributed by atoms with Crippen LogP contribution in [0.2, 0.25) is 0 Å². The number of nitrogens with one attached hydrogen (secondary N) is 1. The quantitative estimate of drug-likeness (QED) is 0.405. The third-order valence-corrected chi connectivity index (χ3v) is 6.13. The average Bonchev–Trinajstić information content (AvgIpc) is 3.24. The van der Waals surface area contributed by atoms with Crippen molar-refractivity contribution in [3.63, 3.8) is 0 Å². The molecule has 0 atom stereocenters. The van der Waals surface area contributed by atoms with Crippen LogP contribution in [0.1, 0.15) is 13.8 Å². The van der Waals surface area contributed by atoms with Crippen LogP contribution in [-0.4, -0.2) is 58.9 Å². The minimum atomic E-state index is 0.223. The average molecular weight is 457 g/mol. The molecule has 0 aliphatic carbocycles. The number of phenols is 1. The van der Waals surface area contributed by atoms with Gasteiger partial charge in [-0.25, -0.2) is 4.98 Å². The number of nitrogens with two attached hydrogens (primary N) is 1. The summed E-state index contributed by atoms with van der Waals surface area (Å²) in [6, 6.07) is 13.0. The van der Waals surface area contributed by atoms with Gasteiger partial charge in [0.05, 0.1) is 22.1 Å². The summed E-state index contributed by atoms with van der Waals surface area (Å²) in [4.78, 5) is 17.5. The lowest BCUT2D eigenvalue weighted by molar-refractivity contribution is 0.313. The molecule has 2 aromatic carbocycles. The van der Waals surface area contributed by atoms with Crippen LogP contribution in [0.15, 0.2) is 59.6 Å². The van der Waals surface area contributed by atoms with E-state index in [1.54, 1.807) is 12.1 Å². The van der Waals surface area contributed by atoms with Gasteiger partial charge in [0.15, 0.2) is 0 Å². The molecule has 0 spiro atoms. The van der Waals surface area contributed by atoms with E-state index in [1.807, 2.05) is 44.2 Å². The molecule has 0 saturated carbocycles. The molecule has 1 saturated heterocycles. The number of imidazole rings is 1. The number of rotatable bonds is 5. The normalized spacial score (nSPS) is 16.3. The molecule has 3 aromatic rings. The van der Waals surface area contributed by atoms with E-state index in [-0.39, 0.29) is 5.75 Å². The van der Waals surface area contributed by atoms with Gasteiger partial charge in [0.2, 0.25) is 0 Å². The van der Waals surface area contributed by atoms with Gasteiger partial charge < -0.3 is 25.6 Å². The highest BCUT2D eigenvalue weighted by molar-refractivity contribution is 6.06. The highest BCUT2D eigenvalue weighted by Gasteiger charge is 2.15. The Kier molecular flexibility index (Phi) is 6.84. The molecule has 4 N–H and O–H groups in total. The third kappa shape index (κ3) is 5.21. The number of H-pyrrole nitrogens is 1. The van der Waals surface area contributed by atoms with Crippen molar-refractivity contribution < 1.29 is 5.11 Å². The summed E-state index contributed by atoms with van der Waals surface area (Å²) < 4.78 is 0. The van der Waals surface area contributed by atoms with Crippen LogP contribution in [0.5, 0.6) is 5.75 Å². The van der Waals surface area contributed by atoms with Gasteiger partial charge in [-0.15, -0.1) is 0 Å². The summed E-state index contributed by atoms with van der Waals surface area (Å²) in [5.41, 5.74) is 11.2. The van der Waals surface area contributed by atoms with Crippen LogP contribution in [0.4, 0.5) is 17.1 Å². The van der Waals surface area contributed by atoms with Gasteiger partial charge in [-0.3, -0.25) is 4.99 Å². The summed E-state index contributed by atoms with van der Waals surface area (Å²) in [6.07, 6.45) is 3.90. The number of allylic oxidation sites excluding steroid dienone is 1. The van der Waals surface area contributed by atoms with Crippen LogP contribution in [-0.2, 0) is 0 Å². The van der Waals surface area contributed by atoms with Gasteiger partial charge in [0.25, 0.3) is 0 Å². The van der Waals surface area contributed by atoms with Gasteiger partial charge in [-0.05, 0) is 75.0 Å². The first-order valence-corrected chi connectivity index (χ1v) is 11.4. The van der Waals surface area contributed by atoms with E-state index in [2.05, 4.69) is 45.5 Å². The van der Waals surface area contributed by atoms with Crippen molar-refractivity contribution in [2.24, 2.45) is 4.99 Å². The zero-order valence-corrected chi connectivity index (χ0v) is 20.0. The molecule has 1 aromatic heterocycles. The standard InChI is InChI=1S/C27H32N6O/c1-5-24-26(31-27(30-24)20-6-9-22(34)10-7-20)16-18(2)19(3)29-25-17-21(8-11-23(25)28)33-14-12-32(4)13-15-33/h5-11,16-17,34H,2,12-15,28H2,1,3-4H3,(H,30,31)/b24-5+,26-16+,29-19?. The molecule has 0 amide bonds. The molecular weight excluding hydrogens is 424 g/mol. The summed E-state index contributed by atoms with van der Waals surface area (Å²) in [7, 11) is 2.15. The maximum Gasteiger partial charge on any atom is 0.138 e. The number of nitrogens with zero attached hydrogens (tertiary/aromatic N) is 4. The number of hydrogen-bond acceptors (Lipinski definition) is 6.